The van der Waals surface area contributed by atoms with Crippen LogP contribution in [0.1, 0.15) is 90.4 Å². The van der Waals surface area contributed by atoms with Gasteiger partial charge in [0.25, 0.3) is 0 Å². The Kier molecular flexibility index (Phi) is 19.9. The number of aliphatic hydroxyl groups is 2. The first-order valence-electron chi connectivity index (χ1n) is 13.0. The van der Waals surface area contributed by atoms with Gasteiger partial charge in [0.2, 0.25) is 0 Å². The molecule has 4 heteroatoms. The van der Waals surface area contributed by atoms with Crippen molar-refractivity contribution < 1.29 is 14.9 Å². The van der Waals surface area contributed by atoms with Gasteiger partial charge in [0.15, 0.2) is 0 Å². The van der Waals surface area contributed by atoms with Gasteiger partial charge in [-0.05, 0) is 44.6 Å². The Labute approximate surface area is 195 Å². The Hall–Kier alpha value is -0.423. The fourth-order valence-corrected chi connectivity index (χ4v) is 4.28. The quantitative estimate of drug-likeness (QED) is 0.101. The molecule has 0 saturated heterocycles. The van der Waals surface area contributed by atoms with E-state index in [0.29, 0.717) is 6.61 Å². The van der Waals surface area contributed by atoms with Gasteiger partial charge in [-0.2, -0.15) is 0 Å². The molecule has 3 nitrogen and oxygen atoms in total. The lowest BCUT2D eigenvalue weighted by Gasteiger charge is -2.30. The van der Waals surface area contributed by atoms with Crippen LogP contribution < -0.4 is 0 Å². The van der Waals surface area contributed by atoms with Crippen molar-refractivity contribution in [1.29, 1.82) is 0 Å². The normalized spacial score (nSPS) is 13.1. The molecule has 0 saturated carbocycles. The van der Waals surface area contributed by atoms with E-state index in [1.54, 1.807) is 0 Å². The van der Waals surface area contributed by atoms with E-state index in [2.05, 4.69) is 50.9 Å². The molecule has 0 aromatic heterocycles. The average Bonchev–Trinajstić information content (AvgIpc) is 2.74. The van der Waals surface area contributed by atoms with Gasteiger partial charge in [-0.25, -0.2) is 0 Å². The maximum atomic E-state index is 9.82. The third-order valence-corrected chi connectivity index (χ3v) is 7.69. The molecule has 0 unspecified atom stereocenters. The van der Waals surface area contributed by atoms with Crippen LogP contribution in [0.15, 0.2) is 24.3 Å². The number of hydrogen-bond donors (Lipinski definition) is 2. The van der Waals surface area contributed by atoms with Crippen molar-refractivity contribution in [1.82, 2.24) is 0 Å². The molecular formula is C27H54O3Si. The fourth-order valence-electron chi connectivity index (χ4n) is 3.53. The zero-order valence-corrected chi connectivity index (χ0v) is 22.3. The Morgan fingerprint density at radius 1 is 0.742 bits per heavy atom. The highest BCUT2D eigenvalue weighted by molar-refractivity contribution is 6.76. The van der Waals surface area contributed by atoms with Crippen molar-refractivity contribution in [3.05, 3.63) is 24.3 Å². The third kappa shape index (κ3) is 20.0. The van der Waals surface area contributed by atoms with Gasteiger partial charge < -0.3 is 14.9 Å². The van der Waals surface area contributed by atoms with E-state index in [4.69, 9.17) is 4.74 Å². The first kappa shape index (κ1) is 30.6. The van der Waals surface area contributed by atoms with Gasteiger partial charge in [-0.15, -0.1) is 0 Å². The van der Waals surface area contributed by atoms with Crippen molar-refractivity contribution in [2.24, 2.45) is 5.41 Å². The molecule has 0 aromatic carbocycles. The van der Waals surface area contributed by atoms with Crippen molar-refractivity contribution >= 4 is 8.07 Å². The highest BCUT2D eigenvalue weighted by atomic mass is 28.3. The summed E-state index contributed by atoms with van der Waals surface area (Å²) >= 11 is 0. The predicted octanol–water partition coefficient (Wildman–Crippen LogP) is 7.52. The summed E-state index contributed by atoms with van der Waals surface area (Å²) < 4.78 is 5.84. The monoisotopic (exact) mass is 454 g/mol. The molecule has 0 amide bonds. The van der Waals surface area contributed by atoms with Gasteiger partial charge in [0.1, 0.15) is 0 Å². The van der Waals surface area contributed by atoms with E-state index in [-0.39, 0.29) is 13.2 Å². The third-order valence-electron chi connectivity index (χ3n) is 5.98. The van der Waals surface area contributed by atoms with Crippen molar-refractivity contribution in [3.8, 4) is 0 Å². The molecule has 0 aliphatic rings. The molecule has 2 N–H and O–H groups in total. The second-order valence-electron chi connectivity index (χ2n) is 10.5. The second kappa shape index (κ2) is 20.2. The highest BCUT2D eigenvalue weighted by Gasteiger charge is 2.29. The Morgan fingerprint density at radius 3 is 1.84 bits per heavy atom. The summed E-state index contributed by atoms with van der Waals surface area (Å²) in [7, 11) is -1.10. The molecule has 0 aliphatic carbocycles. The summed E-state index contributed by atoms with van der Waals surface area (Å²) in [5.41, 5.74) is -0.464. The van der Waals surface area contributed by atoms with Crippen LogP contribution >= 0.6 is 0 Å². The van der Waals surface area contributed by atoms with Crippen LogP contribution in [0.3, 0.4) is 0 Å². The minimum atomic E-state index is -1.10. The second-order valence-corrected chi connectivity index (χ2v) is 16.1. The number of unbranched alkanes of at least 4 members (excludes halogenated alkanes) is 9. The predicted molar refractivity (Wildman–Crippen MR) is 140 cm³/mol. The summed E-state index contributed by atoms with van der Waals surface area (Å²) in [4.78, 5) is 0. The van der Waals surface area contributed by atoms with Crippen LogP contribution in [-0.4, -0.2) is 44.7 Å². The maximum Gasteiger partial charge on any atom is 0.0566 e. The number of rotatable bonds is 22. The summed E-state index contributed by atoms with van der Waals surface area (Å²) in [5.74, 6) is 0. The van der Waals surface area contributed by atoms with Crippen LogP contribution in [0.2, 0.25) is 25.7 Å². The SMILES string of the molecule is CCCCCC=CCC=CCCCCCCCCC(CO)(CO)COCC[Si](C)(C)C. The summed E-state index contributed by atoms with van der Waals surface area (Å²) in [5, 5.41) is 19.6. The van der Waals surface area contributed by atoms with Crippen LogP contribution in [0.5, 0.6) is 0 Å². The Bertz CT molecular complexity index is 436. The lowest BCUT2D eigenvalue weighted by molar-refractivity contribution is -0.0310. The zero-order chi connectivity index (χ0) is 23.3. The van der Waals surface area contributed by atoms with Gasteiger partial charge >= 0.3 is 0 Å². The van der Waals surface area contributed by atoms with Gasteiger partial charge in [0.05, 0.1) is 19.8 Å². The highest BCUT2D eigenvalue weighted by Crippen LogP contribution is 2.25. The molecule has 0 aromatic rings. The minimum absolute atomic E-state index is 0.0106. The first-order valence-corrected chi connectivity index (χ1v) is 16.7. The Balaban J connectivity index is 3.70. The molecule has 0 aliphatic heterocycles. The minimum Gasteiger partial charge on any atom is -0.396 e. The van der Waals surface area contributed by atoms with Crippen LogP contribution in [0.4, 0.5) is 0 Å². The standard InChI is InChI=1S/C27H54O3Si/c1-5-6-7-8-9-10-11-12-13-14-15-16-17-18-19-20-21-27(24-28,25-29)26-30-22-23-31(2,3)4/h9-10,12-13,28-29H,5-8,11,14-26H2,1-4H3. The van der Waals surface area contributed by atoms with Crippen LogP contribution in [0.25, 0.3) is 0 Å². The van der Waals surface area contributed by atoms with Crippen molar-refractivity contribution in [2.75, 3.05) is 26.4 Å². The maximum absolute atomic E-state index is 9.82. The number of ether oxygens (including phenoxy) is 1. The molecule has 0 rings (SSSR count). The Morgan fingerprint density at radius 2 is 1.29 bits per heavy atom. The van der Waals surface area contributed by atoms with E-state index < -0.39 is 13.5 Å². The van der Waals surface area contributed by atoms with Crippen LogP contribution in [0, 0.1) is 5.41 Å². The lowest BCUT2D eigenvalue weighted by Crippen LogP contribution is -2.36. The summed E-state index contributed by atoms with van der Waals surface area (Å²) in [6.07, 6.45) is 24.9. The summed E-state index contributed by atoms with van der Waals surface area (Å²) in [6.45, 7) is 10.5. The molecular weight excluding hydrogens is 400 g/mol. The van der Waals surface area contributed by atoms with Crippen LogP contribution in [-0.2, 0) is 4.74 Å². The van der Waals surface area contributed by atoms with Gasteiger partial charge in [-0.1, -0.05) is 95.8 Å². The van der Waals surface area contributed by atoms with Gasteiger partial charge in [0, 0.05) is 20.1 Å². The molecule has 184 valence electrons. The molecule has 0 bridgehead atoms. The number of aliphatic hydroxyl groups excluding tert-OH is 2. The van der Waals surface area contributed by atoms with E-state index in [1.165, 1.54) is 64.2 Å². The zero-order valence-electron chi connectivity index (χ0n) is 21.3. The van der Waals surface area contributed by atoms with Crippen molar-refractivity contribution in [3.63, 3.8) is 0 Å². The first-order chi connectivity index (χ1) is 14.9. The molecule has 31 heavy (non-hydrogen) atoms. The average molecular weight is 455 g/mol. The largest absolute Gasteiger partial charge is 0.396 e. The van der Waals surface area contributed by atoms with E-state index in [9.17, 15) is 10.2 Å². The van der Waals surface area contributed by atoms with E-state index in [1.807, 2.05) is 0 Å². The fraction of sp³-hybridized carbons (Fsp3) is 0.852. The molecule has 0 fully saturated rings. The number of hydrogen-bond acceptors (Lipinski definition) is 3. The molecule has 0 radical (unpaired) electrons. The van der Waals surface area contributed by atoms with Gasteiger partial charge in [-0.3, -0.25) is 0 Å². The van der Waals surface area contributed by atoms with Crippen molar-refractivity contribution in [2.45, 2.75) is 116 Å². The molecule has 0 spiro atoms. The lowest BCUT2D eigenvalue weighted by atomic mass is 9.85. The van der Waals surface area contributed by atoms with E-state index in [0.717, 1.165) is 31.9 Å². The number of allylic oxidation sites excluding steroid dienone is 4. The molecule has 0 atom stereocenters. The van der Waals surface area contributed by atoms with E-state index >= 15 is 0 Å². The molecule has 0 heterocycles. The topological polar surface area (TPSA) is 49.7 Å². The smallest absolute Gasteiger partial charge is 0.0566 e. The summed E-state index contributed by atoms with van der Waals surface area (Å²) in [6, 6.07) is 1.13.